The van der Waals surface area contributed by atoms with Crippen LogP contribution in [-0.2, 0) is 16.4 Å². The number of fused-ring (bicyclic) bond motifs is 1. The van der Waals surface area contributed by atoms with E-state index in [-0.39, 0.29) is 23.6 Å². The monoisotopic (exact) mass is 298 g/mol. The van der Waals surface area contributed by atoms with Crippen LogP contribution in [0.25, 0.3) is 11.0 Å². The van der Waals surface area contributed by atoms with Crippen LogP contribution in [0, 0.1) is 0 Å². The number of carbonyl (C=O) groups is 1. The van der Waals surface area contributed by atoms with Gasteiger partial charge in [0.2, 0.25) is 0 Å². The summed E-state index contributed by atoms with van der Waals surface area (Å²) in [6, 6.07) is 4.33. The number of carboxylic acids is 1. The second-order valence-electron chi connectivity index (χ2n) is 4.60. The minimum Gasteiger partial charge on any atom is -0.478 e. The highest BCUT2D eigenvalue weighted by atomic mass is 32.2. The van der Waals surface area contributed by atoms with E-state index in [0.717, 1.165) is 6.26 Å². The van der Waals surface area contributed by atoms with Gasteiger partial charge in [-0.3, -0.25) is 4.57 Å². The molecule has 0 saturated carbocycles. The number of hydrogen-bond donors (Lipinski definition) is 2. The summed E-state index contributed by atoms with van der Waals surface area (Å²) < 4.78 is 23.5. The van der Waals surface area contributed by atoms with Gasteiger partial charge in [0.1, 0.15) is 9.84 Å². The molecule has 20 heavy (non-hydrogen) atoms. The van der Waals surface area contributed by atoms with Gasteiger partial charge in [0.05, 0.1) is 22.3 Å². The van der Waals surface area contributed by atoms with Gasteiger partial charge in [-0.1, -0.05) is 0 Å². The van der Waals surface area contributed by atoms with Crippen molar-refractivity contribution in [2.45, 2.75) is 13.0 Å². The van der Waals surface area contributed by atoms with Crippen LogP contribution >= 0.6 is 0 Å². The van der Waals surface area contributed by atoms with Gasteiger partial charge in [0, 0.05) is 12.8 Å². The topological polar surface area (TPSA) is 109 Å². The van der Waals surface area contributed by atoms with E-state index in [1.165, 1.54) is 22.8 Å². The smallest absolute Gasteiger partial charge is 0.335 e. The van der Waals surface area contributed by atoms with Gasteiger partial charge >= 0.3 is 11.7 Å². The molecule has 2 N–H and O–H groups in total. The molecule has 0 spiro atoms. The van der Waals surface area contributed by atoms with Crippen molar-refractivity contribution >= 4 is 26.8 Å². The van der Waals surface area contributed by atoms with Crippen molar-refractivity contribution in [3.8, 4) is 0 Å². The molecule has 0 amide bonds. The first-order chi connectivity index (χ1) is 9.28. The lowest BCUT2D eigenvalue weighted by Gasteiger charge is -2.03. The molecule has 1 aromatic heterocycles. The Kier molecular flexibility index (Phi) is 3.67. The number of carboxylic acid groups (broad SMARTS) is 1. The van der Waals surface area contributed by atoms with Crippen LogP contribution in [-0.4, -0.2) is 41.1 Å². The second-order valence-corrected chi connectivity index (χ2v) is 6.86. The first-order valence-corrected chi connectivity index (χ1v) is 7.97. The summed E-state index contributed by atoms with van der Waals surface area (Å²) in [5.74, 6) is -1.07. The number of sulfone groups is 1. The minimum absolute atomic E-state index is 0.000672. The fraction of sp³-hybridized carbons (Fsp3) is 0.333. The van der Waals surface area contributed by atoms with Crippen molar-refractivity contribution in [1.29, 1.82) is 0 Å². The Labute approximate surface area is 114 Å². The van der Waals surface area contributed by atoms with Gasteiger partial charge < -0.3 is 10.1 Å². The lowest BCUT2D eigenvalue weighted by Crippen LogP contribution is -2.18. The number of rotatable bonds is 5. The number of aromatic carboxylic acids is 1. The lowest BCUT2D eigenvalue weighted by atomic mass is 10.2. The van der Waals surface area contributed by atoms with Crippen LogP contribution in [0.4, 0.5) is 0 Å². The predicted octanol–water partition coefficient (Wildman–Crippen LogP) is 0.462. The van der Waals surface area contributed by atoms with Crippen molar-refractivity contribution in [2.75, 3.05) is 12.0 Å². The molecule has 1 aromatic carbocycles. The van der Waals surface area contributed by atoms with Gasteiger partial charge in [-0.05, 0) is 24.6 Å². The molecule has 1 heterocycles. The molecular weight excluding hydrogens is 284 g/mol. The number of hydrogen-bond acceptors (Lipinski definition) is 4. The third-order valence-corrected chi connectivity index (χ3v) is 3.95. The van der Waals surface area contributed by atoms with E-state index >= 15 is 0 Å². The summed E-state index contributed by atoms with van der Waals surface area (Å²) in [6.07, 6.45) is 1.47. The zero-order chi connectivity index (χ0) is 14.9. The number of aromatic nitrogens is 2. The summed E-state index contributed by atoms with van der Waals surface area (Å²) in [4.78, 5) is 25.2. The Morgan fingerprint density at radius 2 is 2.10 bits per heavy atom. The molecule has 2 aromatic rings. The Balaban J connectivity index is 2.32. The van der Waals surface area contributed by atoms with E-state index in [1.807, 2.05) is 0 Å². The first kappa shape index (κ1) is 14.3. The maximum Gasteiger partial charge on any atom is 0.335 e. The third kappa shape index (κ3) is 3.08. The Morgan fingerprint density at radius 3 is 2.70 bits per heavy atom. The normalized spacial score (nSPS) is 11.8. The van der Waals surface area contributed by atoms with Gasteiger partial charge in [0.15, 0.2) is 0 Å². The van der Waals surface area contributed by atoms with Crippen LogP contribution in [0.5, 0.6) is 0 Å². The quantitative estimate of drug-likeness (QED) is 0.833. The molecule has 0 bridgehead atoms. The van der Waals surface area contributed by atoms with Crippen molar-refractivity contribution in [1.82, 2.24) is 9.55 Å². The number of H-pyrrole nitrogens is 1. The second kappa shape index (κ2) is 5.12. The zero-order valence-corrected chi connectivity index (χ0v) is 11.6. The molecule has 0 atom stereocenters. The molecule has 2 rings (SSSR count). The summed E-state index contributed by atoms with van der Waals surface area (Å²) in [5, 5.41) is 8.89. The summed E-state index contributed by atoms with van der Waals surface area (Å²) >= 11 is 0. The summed E-state index contributed by atoms with van der Waals surface area (Å²) in [6.45, 7) is 0.262. The van der Waals surface area contributed by atoms with Crippen LogP contribution in [0.1, 0.15) is 16.8 Å². The Hall–Kier alpha value is -2.09. The van der Waals surface area contributed by atoms with E-state index in [1.54, 1.807) is 0 Å². The van der Waals surface area contributed by atoms with Gasteiger partial charge in [-0.15, -0.1) is 0 Å². The lowest BCUT2D eigenvalue weighted by molar-refractivity contribution is 0.0697. The molecule has 8 heteroatoms. The van der Waals surface area contributed by atoms with Crippen molar-refractivity contribution in [3.63, 3.8) is 0 Å². The highest BCUT2D eigenvalue weighted by Crippen LogP contribution is 2.13. The summed E-state index contributed by atoms with van der Waals surface area (Å²) in [5.41, 5.74) is 0.695. The molecule has 0 aliphatic heterocycles. The third-order valence-electron chi connectivity index (χ3n) is 2.92. The van der Waals surface area contributed by atoms with E-state index in [9.17, 15) is 18.0 Å². The number of aromatic amines is 1. The molecule has 0 radical (unpaired) electrons. The summed E-state index contributed by atoms with van der Waals surface area (Å²) in [7, 11) is -3.06. The van der Waals surface area contributed by atoms with E-state index < -0.39 is 15.8 Å². The maximum atomic E-state index is 11.8. The maximum absolute atomic E-state index is 11.8. The largest absolute Gasteiger partial charge is 0.478 e. The number of imidazole rings is 1. The van der Waals surface area contributed by atoms with Crippen LogP contribution in [0.15, 0.2) is 23.0 Å². The molecular formula is C12H14N2O5S. The van der Waals surface area contributed by atoms with Crippen molar-refractivity contribution in [3.05, 3.63) is 34.2 Å². The van der Waals surface area contributed by atoms with Gasteiger partial charge in [-0.25, -0.2) is 18.0 Å². The molecule has 7 nitrogen and oxygen atoms in total. The molecule has 0 saturated heterocycles. The standard InChI is InChI=1S/C12H14N2O5S/c1-20(18,19)6-2-5-14-10-4-3-8(11(15)16)7-9(10)13-12(14)17/h3-4,7H,2,5-6H2,1H3,(H,13,17)(H,15,16). The Morgan fingerprint density at radius 1 is 1.40 bits per heavy atom. The van der Waals surface area contributed by atoms with Crippen LogP contribution in [0.3, 0.4) is 0 Å². The number of benzene rings is 1. The molecule has 0 aliphatic carbocycles. The molecule has 0 fully saturated rings. The van der Waals surface area contributed by atoms with E-state index in [0.29, 0.717) is 17.5 Å². The number of aryl methyl sites for hydroxylation is 1. The highest BCUT2D eigenvalue weighted by Gasteiger charge is 2.11. The van der Waals surface area contributed by atoms with Gasteiger partial charge in [-0.2, -0.15) is 0 Å². The SMILES string of the molecule is CS(=O)(=O)CCCn1c(=O)[nH]c2cc(C(=O)O)ccc21. The van der Waals surface area contributed by atoms with E-state index in [2.05, 4.69) is 4.98 Å². The van der Waals surface area contributed by atoms with Crippen LogP contribution < -0.4 is 5.69 Å². The molecule has 0 unspecified atom stereocenters. The molecule has 0 aliphatic rings. The number of nitrogens with zero attached hydrogens (tertiary/aromatic N) is 1. The first-order valence-electron chi connectivity index (χ1n) is 5.91. The highest BCUT2D eigenvalue weighted by molar-refractivity contribution is 7.90. The van der Waals surface area contributed by atoms with Gasteiger partial charge in [0.25, 0.3) is 0 Å². The minimum atomic E-state index is -3.06. The Bertz CT molecular complexity index is 816. The fourth-order valence-corrected chi connectivity index (χ4v) is 2.66. The van der Waals surface area contributed by atoms with E-state index in [4.69, 9.17) is 5.11 Å². The number of nitrogens with one attached hydrogen (secondary N) is 1. The van der Waals surface area contributed by atoms with Crippen LogP contribution in [0.2, 0.25) is 0 Å². The zero-order valence-electron chi connectivity index (χ0n) is 10.8. The average molecular weight is 298 g/mol. The fourth-order valence-electron chi connectivity index (χ4n) is 2.00. The van der Waals surface area contributed by atoms with Crippen molar-refractivity contribution < 1.29 is 18.3 Å². The van der Waals surface area contributed by atoms with Crippen molar-refractivity contribution in [2.24, 2.45) is 0 Å². The predicted molar refractivity (Wildman–Crippen MR) is 73.8 cm³/mol. The molecule has 108 valence electrons. The average Bonchev–Trinajstić information content (AvgIpc) is 2.63.